The third kappa shape index (κ3) is 3.30. The predicted octanol–water partition coefficient (Wildman–Crippen LogP) is 4.38. The third-order valence-electron chi connectivity index (χ3n) is 2.88. The van der Waals surface area contributed by atoms with Gasteiger partial charge in [0.1, 0.15) is 5.01 Å². The fraction of sp³-hybridized carbons (Fsp3) is 0.533. The van der Waals surface area contributed by atoms with Gasteiger partial charge in [0, 0.05) is 0 Å². The molecule has 1 atom stereocenters. The molecule has 1 aromatic carbocycles. The number of rotatable bonds is 4. The van der Waals surface area contributed by atoms with Crippen LogP contribution in [0.1, 0.15) is 45.2 Å². The molecule has 0 spiro atoms. The topological polar surface area (TPSA) is 24.9 Å². The molecule has 0 aliphatic carbocycles. The van der Waals surface area contributed by atoms with E-state index in [0.717, 1.165) is 18.5 Å². The van der Waals surface area contributed by atoms with Crippen molar-refractivity contribution in [2.45, 2.75) is 40.2 Å². The molecule has 2 rings (SSSR count). The first-order chi connectivity index (χ1) is 8.49. The largest absolute Gasteiger partial charge is 0.308 e. The molecule has 0 amide bonds. The maximum Gasteiger partial charge on any atom is 0.111 e. The summed E-state index contributed by atoms with van der Waals surface area (Å²) >= 11 is 1.81. The van der Waals surface area contributed by atoms with Crippen LogP contribution in [0.5, 0.6) is 0 Å². The van der Waals surface area contributed by atoms with Crippen LogP contribution in [0.3, 0.4) is 0 Å². The smallest absolute Gasteiger partial charge is 0.111 e. The van der Waals surface area contributed by atoms with Gasteiger partial charge >= 0.3 is 0 Å². The van der Waals surface area contributed by atoms with E-state index in [0.29, 0.717) is 11.5 Å². The molecule has 0 saturated carbocycles. The molecule has 1 aromatic heterocycles. The molecule has 2 nitrogen and oxygen atoms in total. The van der Waals surface area contributed by atoms with Gasteiger partial charge in [-0.1, -0.05) is 39.8 Å². The van der Waals surface area contributed by atoms with Crippen LogP contribution in [-0.4, -0.2) is 11.5 Å². The Hall–Kier alpha value is -0.930. The molecule has 0 aliphatic heterocycles. The Morgan fingerprint density at radius 1 is 1.28 bits per heavy atom. The first-order valence-electron chi connectivity index (χ1n) is 6.58. The molecule has 0 bridgehead atoms. The van der Waals surface area contributed by atoms with Crippen LogP contribution in [0, 0.1) is 5.41 Å². The van der Waals surface area contributed by atoms with Gasteiger partial charge in [-0.15, -0.1) is 11.3 Å². The minimum absolute atomic E-state index is 0.310. The van der Waals surface area contributed by atoms with E-state index in [1.54, 1.807) is 0 Å². The minimum atomic E-state index is 0.310. The van der Waals surface area contributed by atoms with Crippen LogP contribution in [0.2, 0.25) is 0 Å². The van der Waals surface area contributed by atoms with Crippen molar-refractivity contribution in [1.82, 2.24) is 10.3 Å². The van der Waals surface area contributed by atoms with Gasteiger partial charge in [-0.05, 0) is 30.5 Å². The highest BCUT2D eigenvalue weighted by molar-refractivity contribution is 7.18. The third-order valence-corrected chi connectivity index (χ3v) is 4.03. The Morgan fingerprint density at radius 3 is 2.61 bits per heavy atom. The first-order valence-corrected chi connectivity index (χ1v) is 7.40. The number of aromatic nitrogens is 1. The highest BCUT2D eigenvalue weighted by Crippen LogP contribution is 2.33. The Balaban J connectivity index is 2.29. The number of para-hydroxylation sites is 1. The van der Waals surface area contributed by atoms with Crippen molar-refractivity contribution in [3.63, 3.8) is 0 Å². The van der Waals surface area contributed by atoms with Gasteiger partial charge in [0.25, 0.3) is 0 Å². The van der Waals surface area contributed by atoms with Gasteiger partial charge < -0.3 is 5.32 Å². The summed E-state index contributed by atoms with van der Waals surface area (Å²) in [7, 11) is 0. The van der Waals surface area contributed by atoms with E-state index in [9.17, 15) is 0 Å². The molecule has 1 unspecified atom stereocenters. The number of benzene rings is 1. The summed E-state index contributed by atoms with van der Waals surface area (Å²) in [6, 6.07) is 8.74. The molecular weight excluding hydrogens is 240 g/mol. The lowest BCUT2D eigenvalue weighted by Gasteiger charge is -2.25. The number of nitrogens with one attached hydrogen (secondary N) is 1. The highest BCUT2D eigenvalue weighted by Gasteiger charge is 2.22. The van der Waals surface area contributed by atoms with E-state index in [1.165, 1.54) is 9.71 Å². The van der Waals surface area contributed by atoms with E-state index in [2.05, 4.69) is 57.3 Å². The number of thiazole rings is 1. The fourth-order valence-electron chi connectivity index (χ4n) is 2.14. The summed E-state index contributed by atoms with van der Waals surface area (Å²) in [5.41, 5.74) is 1.43. The van der Waals surface area contributed by atoms with Crippen LogP contribution >= 0.6 is 11.3 Å². The number of nitrogens with zero attached hydrogens (tertiary/aromatic N) is 1. The van der Waals surface area contributed by atoms with Gasteiger partial charge in [0.05, 0.1) is 16.3 Å². The van der Waals surface area contributed by atoms with E-state index in [1.807, 2.05) is 11.3 Å². The van der Waals surface area contributed by atoms with Crippen LogP contribution in [0.15, 0.2) is 24.3 Å². The SMILES string of the molecule is CCNC(CC(C)(C)C)c1nc2ccccc2s1. The van der Waals surface area contributed by atoms with Crippen LogP contribution in [-0.2, 0) is 0 Å². The van der Waals surface area contributed by atoms with Gasteiger partial charge in [-0.3, -0.25) is 0 Å². The van der Waals surface area contributed by atoms with Gasteiger partial charge in [0.2, 0.25) is 0 Å². The standard InChI is InChI=1S/C15H22N2S/c1-5-16-12(10-15(2,3)4)14-17-11-8-6-7-9-13(11)18-14/h6-9,12,16H,5,10H2,1-4H3. The summed E-state index contributed by atoms with van der Waals surface area (Å²) in [6.45, 7) is 9.99. The summed E-state index contributed by atoms with van der Waals surface area (Å²) in [6.07, 6.45) is 1.11. The van der Waals surface area contributed by atoms with Gasteiger partial charge in [-0.25, -0.2) is 4.98 Å². The predicted molar refractivity (Wildman–Crippen MR) is 80.1 cm³/mol. The van der Waals surface area contributed by atoms with Crippen molar-refractivity contribution >= 4 is 21.6 Å². The van der Waals surface area contributed by atoms with E-state index in [4.69, 9.17) is 4.98 Å². The molecule has 0 radical (unpaired) electrons. The molecule has 1 N–H and O–H groups in total. The zero-order valence-corrected chi connectivity index (χ0v) is 12.5. The Labute approximate surface area is 113 Å². The second kappa shape index (κ2) is 5.37. The average Bonchev–Trinajstić information content (AvgIpc) is 2.70. The number of fused-ring (bicyclic) bond motifs is 1. The van der Waals surface area contributed by atoms with Crippen molar-refractivity contribution < 1.29 is 0 Å². The van der Waals surface area contributed by atoms with Crippen LogP contribution < -0.4 is 5.32 Å². The van der Waals surface area contributed by atoms with E-state index < -0.39 is 0 Å². The quantitative estimate of drug-likeness (QED) is 0.884. The van der Waals surface area contributed by atoms with Gasteiger partial charge in [0.15, 0.2) is 0 Å². The molecule has 18 heavy (non-hydrogen) atoms. The lowest BCUT2D eigenvalue weighted by Crippen LogP contribution is -2.25. The molecule has 0 saturated heterocycles. The normalized spacial score (nSPS) is 14.0. The molecule has 3 heteroatoms. The molecule has 1 heterocycles. The van der Waals surface area contributed by atoms with Gasteiger partial charge in [-0.2, -0.15) is 0 Å². The Kier molecular flexibility index (Phi) is 4.03. The second-order valence-corrected chi connectivity index (χ2v) is 6.96. The molecule has 2 aromatic rings. The Morgan fingerprint density at radius 2 is 2.00 bits per heavy atom. The zero-order valence-electron chi connectivity index (χ0n) is 11.7. The van der Waals surface area contributed by atoms with Crippen molar-refractivity contribution in [3.05, 3.63) is 29.3 Å². The molecule has 0 aliphatic rings. The van der Waals surface area contributed by atoms with Crippen LogP contribution in [0.4, 0.5) is 0 Å². The maximum atomic E-state index is 4.77. The summed E-state index contributed by atoms with van der Waals surface area (Å²) in [4.78, 5) is 4.77. The van der Waals surface area contributed by atoms with Crippen molar-refractivity contribution in [3.8, 4) is 0 Å². The Bertz CT molecular complexity index is 477. The summed E-state index contributed by atoms with van der Waals surface area (Å²) in [5, 5.41) is 4.78. The number of hydrogen-bond acceptors (Lipinski definition) is 3. The van der Waals surface area contributed by atoms with Crippen molar-refractivity contribution in [1.29, 1.82) is 0 Å². The number of hydrogen-bond donors (Lipinski definition) is 1. The minimum Gasteiger partial charge on any atom is -0.308 e. The van der Waals surface area contributed by atoms with Crippen molar-refractivity contribution in [2.75, 3.05) is 6.54 Å². The first kappa shape index (κ1) is 13.5. The monoisotopic (exact) mass is 262 g/mol. The molecular formula is C15H22N2S. The summed E-state index contributed by atoms with van der Waals surface area (Å²) in [5.74, 6) is 0. The second-order valence-electron chi connectivity index (χ2n) is 5.89. The fourth-order valence-corrected chi connectivity index (χ4v) is 3.19. The van der Waals surface area contributed by atoms with Crippen LogP contribution in [0.25, 0.3) is 10.2 Å². The molecule has 0 fully saturated rings. The highest BCUT2D eigenvalue weighted by atomic mass is 32.1. The van der Waals surface area contributed by atoms with E-state index >= 15 is 0 Å². The van der Waals surface area contributed by atoms with Crippen molar-refractivity contribution in [2.24, 2.45) is 5.41 Å². The zero-order chi connectivity index (χ0) is 13.2. The lowest BCUT2D eigenvalue weighted by atomic mass is 9.88. The average molecular weight is 262 g/mol. The molecule has 98 valence electrons. The lowest BCUT2D eigenvalue weighted by molar-refractivity contribution is 0.314. The maximum absolute atomic E-state index is 4.77. The summed E-state index contributed by atoms with van der Waals surface area (Å²) < 4.78 is 1.28. The van der Waals surface area contributed by atoms with E-state index in [-0.39, 0.29) is 0 Å².